The fourth-order valence-corrected chi connectivity index (χ4v) is 0. The number of rotatable bonds is 3. The monoisotopic (exact) mass is 285 g/mol. The topological polar surface area (TPSA) is 60.2 Å². The second-order valence-electron chi connectivity index (χ2n) is 5.32. The SMILES string of the molecule is C=C.C=C(C)C(C)C.CC(=O)C(C)C.CC(C)C(N)=O. The fraction of sp³-hybridized carbons (Fsp3) is 0.647. The van der Waals surface area contributed by atoms with Crippen LogP contribution in [-0.2, 0) is 9.59 Å². The van der Waals surface area contributed by atoms with E-state index in [-0.39, 0.29) is 23.5 Å². The van der Waals surface area contributed by atoms with Crippen molar-refractivity contribution >= 4 is 11.7 Å². The van der Waals surface area contributed by atoms with Crippen molar-refractivity contribution in [2.24, 2.45) is 23.5 Å². The molecule has 0 aliphatic rings. The number of hydrogen-bond acceptors (Lipinski definition) is 2. The summed E-state index contributed by atoms with van der Waals surface area (Å²) in [4.78, 5) is 20.1. The molecule has 20 heavy (non-hydrogen) atoms. The first-order valence-corrected chi connectivity index (χ1v) is 6.88. The number of amides is 1. The van der Waals surface area contributed by atoms with Gasteiger partial charge in [-0.2, -0.15) is 0 Å². The Bertz CT molecular complexity index is 223. The standard InChI is InChI=1S/C6H12.C5H10O.C4H9NO.C2H4/c1-5(2)6(3)4;1-4(2)5(3)6;1-3(2)4(5)6;1-2/h6H,1H2,2-4H3;4H,1-3H3;3H,1-2H3,(H2,5,6);1-2H2. The Morgan fingerprint density at radius 3 is 0.950 bits per heavy atom. The minimum atomic E-state index is -0.241. The Kier molecular flexibility index (Phi) is 23.8. The molecule has 0 saturated carbocycles. The number of carbonyl (C=O) groups is 2. The average Bonchev–Trinajstić information content (AvgIpc) is 2.32. The van der Waals surface area contributed by atoms with Gasteiger partial charge < -0.3 is 5.73 Å². The first-order chi connectivity index (χ1) is 8.93. The van der Waals surface area contributed by atoms with Crippen molar-refractivity contribution in [3.63, 3.8) is 0 Å². The molecular formula is C17H35NO2. The lowest BCUT2D eigenvalue weighted by Crippen LogP contribution is -2.17. The Labute approximate surface area is 126 Å². The quantitative estimate of drug-likeness (QED) is 0.782. The summed E-state index contributed by atoms with van der Waals surface area (Å²) in [6, 6.07) is 0. The number of Topliss-reactive ketones (excluding diaryl/α,β-unsaturated/α-hetero) is 1. The summed E-state index contributed by atoms with van der Waals surface area (Å²) in [5.74, 6) is 0.880. The normalized spacial score (nSPS) is 8.55. The lowest BCUT2D eigenvalue weighted by molar-refractivity contribution is -0.121. The lowest BCUT2D eigenvalue weighted by Gasteiger charge is -1.97. The van der Waals surface area contributed by atoms with Crippen molar-refractivity contribution in [1.29, 1.82) is 0 Å². The van der Waals surface area contributed by atoms with Crippen LogP contribution in [0.2, 0.25) is 0 Å². The van der Waals surface area contributed by atoms with Crippen LogP contribution < -0.4 is 5.73 Å². The highest BCUT2D eigenvalue weighted by Gasteiger charge is 1.96. The molecule has 3 heteroatoms. The molecule has 0 rings (SSSR count). The number of primary amides is 1. The van der Waals surface area contributed by atoms with Crippen LogP contribution in [0.5, 0.6) is 0 Å². The van der Waals surface area contributed by atoms with E-state index in [0.717, 1.165) is 0 Å². The molecule has 0 saturated heterocycles. The summed E-state index contributed by atoms with van der Waals surface area (Å²) in [5, 5.41) is 0. The zero-order valence-corrected chi connectivity index (χ0v) is 14.7. The molecule has 2 N–H and O–H groups in total. The van der Waals surface area contributed by atoms with Crippen LogP contribution >= 0.6 is 0 Å². The maximum absolute atomic E-state index is 10.1. The van der Waals surface area contributed by atoms with Gasteiger partial charge in [0.25, 0.3) is 0 Å². The van der Waals surface area contributed by atoms with Crippen LogP contribution in [0.1, 0.15) is 55.4 Å². The molecule has 3 nitrogen and oxygen atoms in total. The predicted molar refractivity (Wildman–Crippen MR) is 90.5 cm³/mol. The van der Waals surface area contributed by atoms with Crippen molar-refractivity contribution in [2.45, 2.75) is 55.4 Å². The van der Waals surface area contributed by atoms with Crippen LogP contribution in [0.15, 0.2) is 25.3 Å². The van der Waals surface area contributed by atoms with Crippen LogP contribution in [0.4, 0.5) is 0 Å². The minimum Gasteiger partial charge on any atom is -0.369 e. The molecule has 120 valence electrons. The number of allylic oxidation sites excluding steroid dienone is 1. The molecule has 0 aliphatic carbocycles. The van der Waals surface area contributed by atoms with Crippen molar-refractivity contribution in [1.82, 2.24) is 0 Å². The third kappa shape index (κ3) is 36.0. The highest BCUT2D eigenvalue weighted by molar-refractivity contribution is 5.77. The van der Waals surface area contributed by atoms with Crippen molar-refractivity contribution in [3.05, 3.63) is 25.3 Å². The van der Waals surface area contributed by atoms with Gasteiger partial charge in [0.05, 0.1) is 0 Å². The highest BCUT2D eigenvalue weighted by Crippen LogP contribution is 2.02. The minimum absolute atomic E-state index is 0.00926. The number of hydrogen-bond donors (Lipinski definition) is 1. The van der Waals surface area contributed by atoms with Crippen molar-refractivity contribution < 1.29 is 9.59 Å². The van der Waals surface area contributed by atoms with Gasteiger partial charge in [-0.3, -0.25) is 9.59 Å². The number of nitrogens with two attached hydrogens (primary N) is 1. The van der Waals surface area contributed by atoms with E-state index in [1.807, 2.05) is 20.8 Å². The van der Waals surface area contributed by atoms with E-state index < -0.39 is 0 Å². The van der Waals surface area contributed by atoms with Gasteiger partial charge in [-0.15, -0.1) is 13.2 Å². The molecule has 0 bridgehead atoms. The molecule has 0 radical (unpaired) electrons. The molecule has 0 fully saturated rings. The smallest absolute Gasteiger partial charge is 0.219 e. The molecule has 0 aromatic rings. The van der Waals surface area contributed by atoms with Crippen molar-refractivity contribution in [3.8, 4) is 0 Å². The van der Waals surface area contributed by atoms with E-state index >= 15 is 0 Å². The second-order valence-corrected chi connectivity index (χ2v) is 5.32. The van der Waals surface area contributed by atoms with Gasteiger partial charge in [0.2, 0.25) is 5.91 Å². The second kappa shape index (κ2) is 17.6. The van der Waals surface area contributed by atoms with Gasteiger partial charge in [-0.05, 0) is 19.8 Å². The molecule has 0 aromatic heterocycles. The maximum Gasteiger partial charge on any atom is 0.219 e. The Morgan fingerprint density at radius 2 is 0.950 bits per heavy atom. The van der Waals surface area contributed by atoms with E-state index in [1.165, 1.54) is 5.57 Å². The molecular weight excluding hydrogens is 250 g/mol. The molecule has 0 atom stereocenters. The highest BCUT2D eigenvalue weighted by atomic mass is 16.1. The van der Waals surface area contributed by atoms with Crippen molar-refractivity contribution in [2.75, 3.05) is 0 Å². The maximum atomic E-state index is 10.1. The summed E-state index contributed by atoms with van der Waals surface area (Å²) >= 11 is 0. The summed E-state index contributed by atoms with van der Waals surface area (Å²) in [7, 11) is 0. The largest absolute Gasteiger partial charge is 0.369 e. The predicted octanol–water partition coefficient (Wildman–Crippen LogP) is 4.38. The van der Waals surface area contributed by atoms with Crippen LogP contribution in [-0.4, -0.2) is 11.7 Å². The van der Waals surface area contributed by atoms with Gasteiger partial charge in [-0.1, -0.05) is 53.7 Å². The van der Waals surface area contributed by atoms with Gasteiger partial charge >= 0.3 is 0 Å². The van der Waals surface area contributed by atoms with Gasteiger partial charge in [0, 0.05) is 11.8 Å². The molecule has 0 heterocycles. The number of carbonyl (C=O) groups excluding carboxylic acids is 2. The summed E-state index contributed by atoms with van der Waals surface area (Å²) in [6.45, 7) is 25.0. The van der Waals surface area contributed by atoms with Gasteiger partial charge in [0.1, 0.15) is 5.78 Å². The third-order valence-electron chi connectivity index (χ3n) is 2.37. The summed E-state index contributed by atoms with van der Waals surface area (Å²) in [5.41, 5.74) is 6.06. The zero-order chi connectivity index (χ0) is 17.5. The van der Waals surface area contributed by atoms with Gasteiger partial charge in [-0.25, -0.2) is 0 Å². The Morgan fingerprint density at radius 1 is 0.800 bits per heavy atom. The van der Waals surface area contributed by atoms with Crippen LogP contribution in [0.3, 0.4) is 0 Å². The fourth-order valence-electron chi connectivity index (χ4n) is 0. The van der Waals surface area contributed by atoms with E-state index in [9.17, 15) is 9.59 Å². The number of ketones is 1. The molecule has 0 aliphatic heterocycles. The average molecular weight is 285 g/mol. The third-order valence-corrected chi connectivity index (χ3v) is 2.37. The van der Waals surface area contributed by atoms with Crippen LogP contribution in [0, 0.1) is 17.8 Å². The van der Waals surface area contributed by atoms with E-state index in [0.29, 0.717) is 5.92 Å². The van der Waals surface area contributed by atoms with Crippen LogP contribution in [0.25, 0.3) is 0 Å². The van der Waals surface area contributed by atoms with E-state index in [2.05, 4.69) is 33.6 Å². The molecule has 0 unspecified atom stereocenters. The first kappa shape index (κ1) is 27.0. The Hall–Kier alpha value is -1.38. The zero-order valence-electron chi connectivity index (χ0n) is 14.7. The summed E-state index contributed by atoms with van der Waals surface area (Å²) in [6.07, 6.45) is 0. The molecule has 1 amide bonds. The lowest BCUT2D eigenvalue weighted by atomic mass is 10.1. The summed E-state index contributed by atoms with van der Waals surface area (Å²) < 4.78 is 0. The molecule has 0 spiro atoms. The Balaban J connectivity index is -0.0000000902. The first-order valence-electron chi connectivity index (χ1n) is 6.88. The van der Waals surface area contributed by atoms with E-state index in [1.54, 1.807) is 20.8 Å². The van der Waals surface area contributed by atoms with E-state index in [4.69, 9.17) is 5.73 Å². The van der Waals surface area contributed by atoms with Gasteiger partial charge in [0.15, 0.2) is 0 Å². The molecule has 0 aromatic carbocycles.